The van der Waals surface area contributed by atoms with Gasteiger partial charge in [0.1, 0.15) is 33.3 Å². The molecule has 0 aliphatic carbocycles. The van der Waals surface area contributed by atoms with Gasteiger partial charge in [-0.3, -0.25) is 0 Å². The molecule has 2 aromatic carbocycles. The standard InChI is InChI=1S/C22H13F4N3S2/c1-22(2,16-9-30-20(28-16)12-5-4-11(23)8-15(12)25)17-10-31-21(29-17)13-6-7-14(24)19(27-3)18(13)26/h4-10H,1-2H3. The van der Waals surface area contributed by atoms with Gasteiger partial charge in [0.15, 0.2) is 0 Å². The van der Waals surface area contributed by atoms with E-state index in [1.807, 2.05) is 13.8 Å². The predicted octanol–water partition coefficient (Wildman–Crippen LogP) is 7.37. The number of halogens is 4. The van der Waals surface area contributed by atoms with Crippen molar-refractivity contribution in [1.82, 2.24) is 9.97 Å². The van der Waals surface area contributed by atoms with Crippen molar-refractivity contribution in [1.29, 1.82) is 0 Å². The fourth-order valence-corrected chi connectivity index (χ4v) is 4.99. The number of thiazole rings is 2. The first-order chi connectivity index (χ1) is 14.7. The van der Waals surface area contributed by atoms with Crippen LogP contribution in [0.5, 0.6) is 0 Å². The summed E-state index contributed by atoms with van der Waals surface area (Å²) in [5, 5.41) is 4.23. The molecule has 0 spiro atoms. The van der Waals surface area contributed by atoms with Crippen molar-refractivity contribution in [2.75, 3.05) is 0 Å². The smallest absolute Gasteiger partial charge is 0.240 e. The number of hydrogen-bond acceptors (Lipinski definition) is 4. The predicted molar refractivity (Wildman–Crippen MR) is 113 cm³/mol. The van der Waals surface area contributed by atoms with Gasteiger partial charge in [0.2, 0.25) is 0 Å². The first-order valence-electron chi connectivity index (χ1n) is 8.95. The van der Waals surface area contributed by atoms with E-state index < -0.39 is 34.4 Å². The Kier molecular flexibility index (Phi) is 5.37. The van der Waals surface area contributed by atoms with Gasteiger partial charge in [0, 0.05) is 28.0 Å². The highest BCUT2D eigenvalue weighted by atomic mass is 32.1. The quantitative estimate of drug-likeness (QED) is 0.236. The molecule has 0 atom stereocenters. The van der Waals surface area contributed by atoms with Crippen molar-refractivity contribution in [3.05, 3.63) is 87.2 Å². The lowest BCUT2D eigenvalue weighted by Crippen LogP contribution is -2.20. The Morgan fingerprint density at radius 2 is 1.42 bits per heavy atom. The summed E-state index contributed by atoms with van der Waals surface area (Å²) in [7, 11) is 0. The van der Waals surface area contributed by atoms with Gasteiger partial charge in [-0.15, -0.1) is 22.7 Å². The minimum absolute atomic E-state index is 0.0480. The lowest BCUT2D eigenvalue weighted by atomic mass is 9.87. The van der Waals surface area contributed by atoms with Crippen LogP contribution < -0.4 is 0 Å². The van der Waals surface area contributed by atoms with Crippen LogP contribution in [-0.4, -0.2) is 9.97 Å². The molecule has 156 valence electrons. The molecule has 0 bridgehead atoms. The molecule has 0 N–H and O–H groups in total. The van der Waals surface area contributed by atoms with E-state index in [-0.39, 0.29) is 11.1 Å². The fourth-order valence-electron chi connectivity index (χ4n) is 2.97. The molecular formula is C22H13F4N3S2. The maximum absolute atomic E-state index is 14.5. The molecule has 0 aliphatic heterocycles. The van der Waals surface area contributed by atoms with Crippen molar-refractivity contribution in [3.63, 3.8) is 0 Å². The van der Waals surface area contributed by atoms with Crippen LogP contribution >= 0.6 is 22.7 Å². The Morgan fingerprint density at radius 1 is 0.839 bits per heavy atom. The maximum atomic E-state index is 14.5. The van der Waals surface area contributed by atoms with Crippen molar-refractivity contribution < 1.29 is 17.6 Å². The van der Waals surface area contributed by atoms with Crippen LogP contribution in [0, 0.1) is 29.8 Å². The molecule has 0 amide bonds. The number of rotatable bonds is 4. The van der Waals surface area contributed by atoms with Gasteiger partial charge in [-0.2, -0.15) is 0 Å². The summed E-state index contributed by atoms with van der Waals surface area (Å²) >= 11 is 2.39. The van der Waals surface area contributed by atoms with Crippen LogP contribution in [0.15, 0.2) is 41.1 Å². The number of aromatic nitrogens is 2. The Hall–Kier alpha value is -3.09. The second-order valence-electron chi connectivity index (χ2n) is 7.19. The molecule has 4 aromatic rings. The lowest BCUT2D eigenvalue weighted by Gasteiger charge is -2.20. The van der Waals surface area contributed by atoms with Crippen LogP contribution in [-0.2, 0) is 5.41 Å². The maximum Gasteiger partial charge on any atom is 0.257 e. The molecule has 0 aliphatic rings. The highest BCUT2D eigenvalue weighted by Gasteiger charge is 2.30. The summed E-state index contributed by atoms with van der Waals surface area (Å²) in [5.74, 6) is -3.23. The number of benzene rings is 2. The van der Waals surface area contributed by atoms with Gasteiger partial charge in [0.05, 0.1) is 23.4 Å². The molecule has 4 rings (SSSR count). The minimum Gasteiger partial charge on any atom is -0.240 e. The third-order valence-electron chi connectivity index (χ3n) is 4.86. The fraction of sp³-hybridized carbons (Fsp3) is 0.136. The average Bonchev–Trinajstić information content (AvgIpc) is 3.39. The second kappa shape index (κ2) is 7.87. The first kappa shape index (κ1) is 21.2. The van der Waals surface area contributed by atoms with Gasteiger partial charge in [0.25, 0.3) is 5.69 Å². The molecule has 2 aromatic heterocycles. The summed E-state index contributed by atoms with van der Waals surface area (Å²) < 4.78 is 55.5. The zero-order chi connectivity index (χ0) is 22.3. The molecule has 0 saturated heterocycles. The van der Waals surface area contributed by atoms with E-state index in [0.29, 0.717) is 21.4 Å². The van der Waals surface area contributed by atoms with E-state index in [9.17, 15) is 17.6 Å². The van der Waals surface area contributed by atoms with E-state index in [4.69, 9.17) is 6.57 Å². The zero-order valence-electron chi connectivity index (χ0n) is 16.2. The largest absolute Gasteiger partial charge is 0.257 e. The van der Waals surface area contributed by atoms with Crippen LogP contribution in [0.1, 0.15) is 25.2 Å². The topological polar surface area (TPSA) is 30.1 Å². The molecule has 0 saturated carbocycles. The van der Waals surface area contributed by atoms with Crippen molar-refractivity contribution in [2.45, 2.75) is 19.3 Å². The van der Waals surface area contributed by atoms with Crippen LogP contribution in [0.2, 0.25) is 0 Å². The lowest BCUT2D eigenvalue weighted by molar-refractivity contribution is 0.584. The van der Waals surface area contributed by atoms with Crippen LogP contribution in [0.25, 0.3) is 26.0 Å². The average molecular weight is 459 g/mol. The zero-order valence-corrected chi connectivity index (χ0v) is 17.8. The van der Waals surface area contributed by atoms with E-state index in [1.165, 1.54) is 40.9 Å². The molecular weight excluding hydrogens is 446 g/mol. The van der Waals surface area contributed by atoms with Gasteiger partial charge in [-0.05, 0) is 38.1 Å². The summed E-state index contributed by atoms with van der Waals surface area (Å²) in [4.78, 5) is 11.9. The molecule has 2 heterocycles. The minimum atomic E-state index is -0.948. The third kappa shape index (κ3) is 3.73. The third-order valence-corrected chi connectivity index (χ3v) is 6.61. The summed E-state index contributed by atoms with van der Waals surface area (Å²) in [5.41, 5.74) is 0.101. The molecule has 9 heteroatoms. The number of nitrogens with zero attached hydrogens (tertiary/aromatic N) is 3. The molecule has 3 nitrogen and oxygen atoms in total. The van der Waals surface area contributed by atoms with Gasteiger partial charge in [-0.1, -0.05) is 0 Å². The molecule has 0 radical (unpaired) electrons. The van der Waals surface area contributed by atoms with E-state index in [2.05, 4.69) is 14.8 Å². The van der Waals surface area contributed by atoms with E-state index in [0.717, 1.165) is 12.1 Å². The van der Waals surface area contributed by atoms with Crippen LogP contribution in [0.4, 0.5) is 23.2 Å². The van der Waals surface area contributed by atoms with Gasteiger partial charge < -0.3 is 0 Å². The van der Waals surface area contributed by atoms with Crippen molar-refractivity contribution in [3.8, 4) is 21.1 Å². The Balaban J connectivity index is 1.70. The molecule has 0 fully saturated rings. The van der Waals surface area contributed by atoms with E-state index >= 15 is 0 Å². The summed E-state index contributed by atoms with van der Waals surface area (Å²) in [6.07, 6.45) is 0. The van der Waals surface area contributed by atoms with E-state index in [1.54, 1.807) is 10.8 Å². The van der Waals surface area contributed by atoms with Gasteiger partial charge in [-0.25, -0.2) is 32.4 Å². The second-order valence-corrected chi connectivity index (χ2v) is 8.91. The Morgan fingerprint density at radius 3 is 2.00 bits per heavy atom. The normalized spacial score (nSPS) is 11.5. The monoisotopic (exact) mass is 459 g/mol. The Labute approximate surface area is 183 Å². The Bertz CT molecular complexity index is 1340. The van der Waals surface area contributed by atoms with Crippen molar-refractivity contribution in [2.24, 2.45) is 0 Å². The SMILES string of the molecule is [C-]#[N+]c1c(F)ccc(-c2nc(C(C)(C)c3csc(-c4ccc(F)cc4F)n3)cs2)c1F. The summed E-state index contributed by atoms with van der Waals surface area (Å²) in [6.45, 7) is 10.7. The first-order valence-corrected chi connectivity index (χ1v) is 10.7. The highest BCUT2D eigenvalue weighted by Crippen LogP contribution is 2.39. The summed E-state index contributed by atoms with van der Waals surface area (Å²) in [6, 6.07) is 5.62. The molecule has 31 heavy (non-hydrogen) atoms. The van der Waals surface area contributed by atoms with Crippen molar-refractivity contribution >= 4 is 28.4 Å². The highest BCUT2D eigenvalue weighted by molar-refractivity contribution is 7.13. The van der Waals surface area contributed by atoms with Gasteiger partial charge >= 0.3 is 0 Å². The van der Waals surface area contributed by atoms with Crippen LogP contribution in [0.3, 0.4) is 0 Å². The number of hydrogen-bond donors (Lipinski definition) is 0. The molecule has 0 unspecified atom stereocenters.